The van der Waals surface area contributed by atoms with Crippen LogP contribution in [-0.4, -0.2) is 28.3 Å². The van der Waals surface area contributed by atoms with Crippen LogP contribution in [0.4, 0.5) is 0 Å². The fourth-order valence-corrected chi connectivity index (χ4v) is 3.30. The Bertz CT molecular complexity index is 386. The van der Waals surface area contributed by atoms with Crippen LogP contribution in [0.2, 0.25) is 0 Å². The zero-order chi connectivity index (χ0) is 12.4. The minimum Gasteiger partial charge on any atom is -0.317 e. The van der Waals surface area contributed by atoms with Gasteiger partial charge in [0, 0.05) is 11.3 Å². The van der Waals surface area contributed by atoms with Gasteiger partial charge in [0.2, 0.25) is 0 Å². The van der Waals surface area contributed by atoms with Gasteiger partial charge in [0.1, 0.15) is 5.82 Å². The maximum absolute atomic E-state index is 4.83. The molecule has 1 aromatic heterocycles. The van der Waals surface area contributed by atoms with Crippen molar-refractivity contribution >= 4 is 0 Å². The normalized spacial score (nSPS) is 25.2. The Morgan fingerprint density at radius 1 is 1.11 bits per heavy atom. The predicted molar refractivity (Wildman–Crippen MR) is 71.7 cm³/mol. The van der Waals surface area contributed by atoms with Gasteiger partial charge >= 0.3 is 0 Å². The summed E-state index contributed by atoms with van der Waals surface area (Å²) in [5, 5.41) is 11.2. The van der Waals surface area contributed by atoms with Crippen molar-refractivity contribution in [1.29, 1.82) is 0 Å². The fourth-order valence-electron chi connectivity index (χ4n) is 3.30. The van der Waals surface area contributed by atoms with Gasteiger partial charge in [-0.25, -0.2) is 4.98 Å². The van der Waals surface area contributed by atoms with Crippen LogP contribution in [0, 0.1) is 0 Å². The third-order valence-electron chi connectivity index (χ3n) is 4.74. The lowest BCUT2D eigenvalue weighted by Gasteiger charge is -2.31. The van der Waals surface area contributed by atoms with Crippen molar-refractivity contribution < 1.29 is 0 Å². The van der Waals surface area contributed by atoms with Gasteiger partial charge in [0.15, 0.2) is 5.82 Å². The number of nitrogens with one attached hydrogen (secondary N) is 2. The molecule has 1 saturated carbocycles. The molecule has 3 rings (SSSR count). The van der Waals surface area contributed by atoms with Crippen molar-refractivity contribution in [3.05, 3.63) is 11.6 Å². The molecule has 0 spiro atoms. The van der Waals surface area contributed by atoms with Crippen LogP contribution in [0.3, 0.4) is 0 Å². The standard InChI is InChI=1S/C14H24N4/c1-14(7-9-15-10-8-14)13-16-12(17-18-13)11-5-3-2-4-6-11/h11,15H,2-10H2,1H3,(H,16,17,18). The highest BCUT2D eigenvalue weighted by atomic mass is 15.2. The van der Waals surface area contributed by atoms with Crippen LogP contribution >= 0.6 is 0 Å². The van der Waals surface area contributed by atoms with E-state index in [9.17, 15) is 0 Å². The molecule has 4 nitrogen and oxygen atoms in total. The third-order valence-corrected chi connectivity index (χ3v) is 4.74. The molecule has 2 heterocycles. The van der Waals surface area contributed by atoms with Crippen LogP contribution in [0.5, 0.6) is 0 Å². The average Bonchev–Trinajstić information content (AvgIpc) is 2.91. The first kappa shape index (κ1) is 12.2. The van der Waals surface area contributed by atoms with Gasteiger partial charge in [-0.15, -0.1) is 0 Å². The van der Waals surface area contributed by atoms with Gasteiger partial charge in [0.25, 0.3) is 0 Å². The molecule has 0 unspecified atom stereocenters. The minimum atomic E-state index is 0.175. The van der Waals surface area contributed by atoms with Crippen LogP contribution in [0.1, 0.15) is 69.4 Å². The van der Waals surface area contributed by atoms with Crippen molar-refractivity contribution in [3.63, 3.8) is 0 Å². The molecule has 0 radical (unpaired) electrons. The van der Waals surface area contributed by atoms with Crippen LogP contribution < -0.4 is 5.32 Å². The first-order chi connectivity index (χ1) is 8.78. The van der Waals surface area contributed by atoms with Gasteiger partial charge in [0.05, 0.1) is 0 Å². The first-order valence-electron chi connectivity index (χ1n) is 7.41. The zero-order valence-corrected chi connectivity index (χ0v) is 11.3. The second-order valence-corrected chi connectivity index (χ2v) is 6.19. The van der Waals surface area contributed by atoms with E-state index in [4.69, 9.17) is 4.98 Å². The molecular formula is C14H24N4. The number of rotatable bonds is 2. The van der Waals surface area contributed by atoms with Crippen molar-refractivity contribution in [1.82, 2.24) is 20.5 Å². The second kappa shape index (κ2) is 5.00. The summed E-state index contributed by atoms with van der Waals surface area (Å²) >= 11 is 0. The summed E-state index contributed by atoms with van der Waals surface area (Å²) in [5.74, 6) is 2.82. The Kier molecular flexibility index (Phi) is 3.37. The summed E-state index contributed by atoms with van der Waals surface area (Å²) in [6, 6.07) is 0. The molecular weight excluding hydrogens is 224 g/mol. The van der Waals surface area contributed by atoms with Gasteiger partial charge in [-0.05, 0) is 38.8 Å². The maximum atomic E-state index is 4.83. The van der Waals surface area contributed by atoms with E-state index in [0.717, 1.165) is 37.6 Å². The number of piperidine rings is 1. The van der Waals surface area contributed by atoms with Crippen molar-refractivity contribution in [2.75, 3.05) is 13.1 Å². The van der Waals surface area contributed by atoms with E-state index in [2.05, 4.69) is 22.4 Å². The minimum absolute atomic E-state index is 0.175. The number of hydrogen-bond acceptors (Lipinski definition) is 3. The topological polar surface area (TPSA) is 53.6 Å². The summed E-state index contributed by atoms with van der Waals surface area (Å²) in [7, 11) is 0. The monoisotopic (exact) mass is 248 g/mol. The Morgan fingerprint density at radius 2 is 1.83 bits per heavy atom. The quantitative estimate of drug-likeness (QED) is 0.845. The molecule has 1 aliphatic heterocycles. The van der Waals surface area contributed by atoms with Crippen LogP contribution in [0.15, 0.2) is 0 Å². The van der Waals surface area contributed by atoms with Crippen LogP contribution in [-0.2, 0) is 5.41 Å². The maximum Gasteiger partial charge on any atom is 0.156 e. The highest BCUT2D eigenvalue weighted by Gasteiger charge is 2.33. The summed E-state index contributed by atoms with van der Waals surface area (Å²) in [4.78, 5) is 4.83. The molecule has 2 fully saturated rings. The Hall–Kier alpha value is -0.900. The van der Waals surface area contributed by atoms with Gasteiger partial charge in [-0.1, -0.05) is 26.2 Å². The Morgan fingerprint density at radius 3 is 2.56 bits per heavy atom. The third kappa shape index (κ3) is 2.30. The molecule has 100 valence electrons. The molecule has 0 amide bonds. The summed E-state index contributed by atoms with van der Waals surface area (Å²) in [6.45, 7) is 4.48. The molecule has 0 bridgehead atoms. The van der Waals surface area contributed by atoms with E-state index in [1.165, 1.54) is 32.1 Å². The molecule has 0 aromatic carbocycles. The molecule has 4 heteroatoms. The lowest BCUT2D eigenvalue weighted by atomic mass is 9.80. The van der Waals surface area contributed by atoms with Gasteiger partial charge in [-0.2, -0.15) is 5.10 Å². The number of nitrogens with zero attached hydrogens (tertiary/aromatic N) is 2. The first-order valence-corrected chi connectivity index (χ1v) is 7.41. The molecule has 1 aliphatic carbocycles. The number of aromatic amines is 1. The number of aromatic nitrogens is 3. The van der Waals surface area contributed by atoms with E-state index in [-0.39, 0.29) is 5.41 Å². The SMILES string of the molecule is CC1(c2n[nH]c(C3CCCCC3)n2)CCNCC1. The smallest absolute Gasteiger partial charge is 0.156 e. The van der Waals surface area contributed by atoms with Gasteiger partial charge in [-0.3, -0.25) is 5.10 Å². The van der Waals surface area contributed by atoms with E-state index in [0.29, 0.717) is 5.92 Å². The largest absolute Gasteiger partial charge is 0.317 e. The van der Waals surface area contributed by atoms with Crippen molar-refractivity contribution in [3.8, 4) is 0 Å². The molecule has 1 aromatic rings. The van der Waals surface area contributed by atoms with E-state index < -0.39 is 0 Å². The molecule has 18 heavy (non-hydrogen) atoms. The zero-order valence-electron chi connectivity index (χ0n) is 11.3. The lowest BCUT2D eigenvalue weighted by molar-refractivity contribution is 0.319. The highest BCUT2D eigenvalue weighted by molar-refractivity contribution is 5.10. The molecule has 0 atom stereocenters. The molecule has 2 N–H and O–H groups in total. The molecule has 1 saturated heterocycles. The molecule has 2 aliphatic rings. The average molecular weight is 248 g/mol. The van der Waals surface area contributed by atoms with E-state index >= 15 is 0 Å². The second-order valence-electron chi connectivity index (χ2n) is 6.19. The summed E-state index contributed by atoms with van der Waals surface area (Å²) in [6.07, 6.45) is 8.95. The van der Waals surface area contributed by atoms with E-state index in [1.807, 2.05) is 0 Å². The predicted octanol–water partition coefficient (Wildman–Crippen LogP) is 2.49. The highest BCUT2D eigenvalue weighted by Crippen LogP contribution is 2.34. The fraction of sp³-hybridized carbons (Fsp3) is 0.857. The van der Waals surface area contributed by atoms with Crippen molar-refractivity contribution in [2.24, 2.45) is 0 Å². The Balaban J connectivity index is 1.75. The van der Waals surface area contributed by atoms with Crippen molar-refractivity contribution in [2.45, 2.75) is 63.2 Å². The van der Waals surface area contributed by atoms with E-state index in [1.54, 1.807) is 0 Å². The van der Waals surface area contributed by atoms with Gasteiger partial charge < -0.3 is 5.32 Å². The van der Waals surface area contributed by atoms with Crippen LogP contribution in [0.25, 0.3) is 0 Å². The number of hydrogen-bond donors (Lipinski definition) is 2. The lowest BCUT2D eigenvalue weighted by Crippen LogP contribution is -2.38. The number of H-pyrrole nitrogens is 1. The summed E-state index contributed by atoms with van der Waals surface area (Å²) < 4.78 is 0. The summed E-state index contributed by atoms with van der Waals surface area (Å²) in [5.41, 5.74) is 0.175. The Labute approximate surface area is 109 Å².